The summed E-state index contributed by atoms with van der Waals surface area (Å²) in [6.07, 6.45) is 1.89. The Morgan fingerprint density at radius 3 is 2.33 bits per heavy atom. The van der Waals surface area contributed by atoms with Crippen LogP contribution in [0.4, 0.5) is 5.69 Å². The lowest BCUT2D eigenvalue weighted by Gasteiger charge is -2.26. The summed E-state index contributed by atoms with van der Waals surface area (Å²) in [6, 6.07) is 5.79. The van der Waals surface area contributed by atoms with E-state index in [0.717, 1.165) is 17.4 Å². The summed E-state index contributed by atoms with van der Waals surface area (Å²) in [7, 11) is -6.03. The highest BCUT2D eigenvalue weighted by Crippen LogP contribution is 2.37. The maximum atomic E-state index is 13.3. The lowest BCUT2D eigenvalue weighted by molar-refractivity contribution is 0.0594. The van der Waals surface area contributed by atoms with Crippen molar-refractivity contribution >= 4 is 37.4 Å². The van der Waals surface area contributed by atoms with Gasteiger partial charge in [0.25, 0.3) is 17.7 Å². The minimum Gasteiger partial charge on any atom is -0.491 e. The Morgan fingerprint density at radius 1 is 1.06 bits per heavy atom. The van der Waals surface area contributed by atoms with Crippen LogP contribution in [0.1, 0.15) is 39.4 Å². The van der Waals surface area contributed by atoms with Crippen molar-refractivity contribution in [2.75, 3.05) is 36.7 Å². The molecule has 2 aromatic rings. The van der Waals surface area contributed by atoms with Gasteiger partial charge in [-0.1, -0.05) is 6.07 Å². The summed E-state index contributed by atoms with van der Waals surface area (Å²) in [4.78, 5) is 31.6. The van der Waals surface area contributed by atoms with Gasteiger partial charge in [-0.15, -0.1) is 0 Å². The van der Waals surface area contributed by atoms with Crippen LogP contribution < -0.4 is 14.2 Å². The molecule has 0 spiro atoms. The van der Waals surface area contributed by atoms with E-state index in [4.69, 9.17) is 9.47 Å². The SMILES string of the molecule is CCOc1nc(C(CS(C)(=O)=O)N2C(=O)c3cccc(NS(C)(=O)=O)c3C2=O)ccc1OC. The van der Waals surface area contributed by atoms with E-state index in [-0.39, 0.29) is 35.0 Å². The summed E-state index contributed by atoms with van der Waals surface area (Å²) >= 11 is 0. The van der Waals surface area contributed by atoms with Crippen LogP contribution in [0.25, 0.3) is 0 Å². The van der Waals surface area contributed by atoms with Gasteiger partial charge in [-0.05, 0) is 31.2 Å². The number of anilines is 1. The molecular weight excluding hydrogens is 474 g/mol. The third kappa shape index (κ3) is 5.25. The fourth-order valence-corrected chi connectivity index (χ4v) is 4.94. The molecule has 0 fully saturated rings. The van der Waals surface area contributed by atoms with Gasteiger partial charge in [-0.3, -0.25) is 19.2 Å². The number of carbonyl (C=O) groups is 2. The number of carbonyl (C=O) groups excluding carboxylic acids is 2. The van der Waals surface area contributed by atoms with Crippen LogP contribution in [0.5, 0.6) is 11.6 Å². The second-order valence-electron chi connectivity index (χ2n) is 7.37. The Kier molecular flexibility index (Phi) is 6.65. The van der Waals surface area contributed by atoms with Crippen molar-refractivity contribution in [3.8, 4) is 11.6 Å². The van der Waals surface area contributed by atoms with Crippen molar-refractivity contribution in [2.45, 2.75) is 13.0 Å². The highest BCUT2D eigenvalue weighted by molar-refractivity contribution is 7.92. The third-order valence-corrected chi connectivity index (χ3v) is 6.22. The van der Waals surface area contributed by atoms with Crippen LogP contribution in [-0.2, 0) is 19.9 Å². The molecule has 2 amide bonds. The Labute approximate surface area is 191 Å². The first-order chi connectivity index (χ1) is 15.4. The molecule has 1 aromatic carbocycles. The van der Waals surface area contributed by atoms with E-state index in [1.165, 1.54) is 37.4 Å². The van der Waals surface area contributed by atoms with E-state index < -0.39 is 43.5 Å². The fraction of sp³-hybridized carbons (Fsp3) is 0.350. The second kappa shape index (κ2) is 8.98. The molecule has 11 nitrogen and oxygen atoms in total. The van der Waals surface area contributed by atoms with Crippen LogP contribution in [0.2, 0.25) is 0 Å². The van der Waals surface area contributed by atoms with Gasteiger partial charge in [0.1, 0.15) is 9.84 Å². The van der Waals surface area contributed by atoms with Crippen LogP contribution in [-0.4, -0.2) is 70.5 Å². The van der Waals surface area contributed by atoms with E-state index in [9.17, 15) is 26.4 Å². The van der Waals surface area contributed by atoms with E-state index in [1.807, 2.05) is 0 Å². The summed E-state index contributed by atoms with van der Waals surface area (Å²) in [5.41, 5.74) is -0.195. The van der Waals surface area contributed by atoms with Gasteiger partial charge in [-0.25, -0.2) is 21.8 Å². The number of sulfone groups is 1. The number of nitrogens with zero attached hydrogens (tertiary/aromatic N) is 2. The van der Waals surface area contributed by atoms with Crippen molar-refractivity contribution in [2.24, 2.45) is 0 Å². The Morgan fingerprint density at radius 2 is 1.76 bits per heavy atom. The fourth-order valence-electron chi connectivity index (χ4n) is 3.47. The molecule has 1 N–H and O–H groups in total. The monoisotopic (exact) mass is 497 g/mol. The number of pyridine rings is 1. The molecule has 1 atom stereocenters. The van der Waals surface area contributed by atoms with E-state index in [0.29, 0.717) is 5.75 Å². The molecule has 33 heavy (non-hydrogen) atoms. The quantitative estimate of drug-likeness (QED) is 0.505. The molecule has 178 valence electrons. The van der Waals surface area contributed by atoms with Gasteiger partial charge in [0, 0.05) is 6.26 Å². The number of nitrogens with one attached hydrogen (secondary N) is 1. The molecule has 1 aliphatic heterocycles. The van der Waals surface area contributed by atoms with Crippen molar-refractivity contribution in [1.82, 2.24) is 9.88 Å². The zero-order valence-corrected chi connectivity index (χ0v) is 20.0. The largest absolute Gasteiger partial charge is 0.491 e. The predicted octanol–water partition coefficient (Wildman–Crippen LogP) is 1.24. The zero-order chi connectivity index (χ0) is 24.6. The van der Waals surface area contributed by atoms with E-state index in [1.54, 1.807) is 6.92 Å². The van der Waals surface area contributed by atoms with Gasteiger partial charge in [-0.2, -0.15) is 0 Å². The lowest BCUT2D eigenvalue weighted by atomic mass is 10.1. The highest BCUT2D eigenvalue weighted by atomic mass is 32.2. The number of rotatable bonds is 9. The summed E-state index contributed by atoms with van der Waals surface area (Å²) < 4.78 is 60.8. The van der Waals surface area contributed by atoms with Crippen LogP contribution in [0, 0.1) is 0 Å². The second-order valence-corrected chi connectivity index (χ2v) is 11.3. The average Bonchev–Trinajstić information content (AvgIpc) is 2.96. The van der Waals surface area contributed by atoms with Crippen LogP contribution in [0.3, 0.4) is 0 Å². The minimum absolute atomic E-state index is 0.0503. The molecule has 0 saturated carbocycles. The molecule has 2 heterocycles. The molecule has 0 radical (unpaired) electrons. The first kappa shape index (κ1) is 24.5. The predicted molar refractivity (Wildman–Crippen MR) is 120 cm³/mol. The molecule has 13 heteroatoms. The molecule has 1 aliphatic rings. The number of benzene rings is 1. The number of hydrogen-bond acceptors (Lipinski definition) is 9. The smallest absolute Gasteiger partial charge is 0.264 e. The summed E-state index contributed by atoms with van der Waals surface area (Å²) in [6.45, 7) is 1.97. The van der Waals surface area contributed by atoms with Gasteiger partial charge in [0.2, 0.25) is 10.0 Å². The van der Waals surface area contributed by atoms with Gasteiger partial charge in [0.05, 0.1) is 54.3 Å². The standard InChI is InChI=1S/C20H23N3O8S2/c1-5-31-18-16(30-2)10-9-13(21-18)15(11-32(3,26)27)23-19(24)12-7-6-8-14(17(12)20(23)25)22-33(4,28)29/h6-10,15,22H,5,11H2,1-4H3. The number of hydrogen-bond donors (Lipinski definition) is 1. The van der Waals surface area contributed by atoms with Crippen molar-refractivity contribution in [1.29, 1.82) is 0 Å². The number of amides is 2. The number of sulfonamides is 1. The summed E-state index contributed by atoms with van der Waals surface area (Å²) in [5, 5.41) is 0. The Bertz CT molecular complexity index is 1320. The number of ether oxygens (including phenoxy) is 2. The third-order valence-electron chi connectivity index (χ3n) is 4.70. The number of imide groups is 1. The highest BCUT2D eigenvalue weighted by Gasteiger charge is 2.44. The molecule has 0 bridgehead atoms. The molecular formula is C20H23N3O8S2. The maximum Gasteiger partial charge on any atom is 0.264 e. The Hall–Kier alpha value is -3.19. The first-order valence-corrected chi connectivity index (χ1v) is 13.7. The minimum atomic E-state index is -3.75. The average molecular weight is 498 g/mol. The molecule has 0 aliphatic carbocycles. The van der Waals surface area contributed by atoms with Crippen molar-refractivity contribution in [3.05, 3.63) is 47.2 Å². The van der Waals surface area contributed by atoms with Crippen LogP contribution >= 0.6 is 0 Å². The maximum absolute atomic E-state index is 13.3. The van der Waals surface area contributed by atoms with E-state index in [2.05, 4.69) is 9.71 Å². The first-order valence-electron chi connectivity index (χ1n) is 9.70. The van der Waals surface area contributed by atoms with Crippen molar-refractivity contribution < 1.29 is 35.9 Å². The van der Waals surface area contributed by atoms with Gasteiger partial charge >= 0.3 is 0 Å². The zero-order valence-electron chi connectivity index (χ0n) is 18.4. The lowest BCUT2D eigenvalue weighted by Crippen LogP contribution is -2.38. The van der Waals surface area contributed by atoms with E-state index >= 15 is 0 Å². The molecule has 3 rings (SSSR count). The number of aromatic nitrogens is 1. The molecule has 0 saturated heterocycles. The van der Waals surface area contributed by atoms with Crippen molar-refractivity contribution in [3.63, 3.8) is 0 Å². The number of fused-ring (bicyclic) bond motifs is 1. The molecule has 1 unspecified atom stereocenters. The van der Waals surface area contributed by atoms with Gasteiger partial charge < -0.3 is 9.47 Å². The van der Waals surface area contributed by atoms with Crippen LogP contribution in [0.15, 0.2) is 30.3 Å². The summed E-state index contributed by atoms with van der Waals surface area (Å²) in [5.74, 6) is -1.84. The van der Waals surface area contributed by atoms with Gasteiger partial charge in [0.15, 0.2) is 5.75 Å². The molecule has 1 aromatic heterocycles. The number of methoxy groups -OCH3 is 1. The Balaban J connectivity index is 2.15. The topological polar surface area (TPSA) is 149 Å². The normalized spacial score (nSPS) is 14.7.